The Balaban J connectivity index is 1.88. The highest BCUT2D eigenvalue weighted by Gasteiger charge is 2.40. The number of nitro groups is 1. The van der Waals surface area contributed by atoms with E-state index in [1.165, 1.54) is 23.9 Å². The number of hydrogen-bond donors (Lipinski definition) is 1. The van der Waals surface area contributed by atoms with Crippen molar-refractivity contribution in [3.63, 3.8) is 0 Å². The van der Waals surface area contributed by atoms with Crippen LogP contribution in [-0.4, -0.2) is 49.2 Å². The van der Waals surface area contributed by atoms with E-state index in [-0.39, 0.29) is 27.1 Å². The molecule has 11 heteroatoms. The minimum atomic E-state index is -1.11. The lowest BCUT2D eigenvalue weighted by Crippen LogP contribution is -2.44. The van der Waals surface area contributed by atoms with Gasteiger partial charge in [-0.05, 0) is 49.1 Å². The van der Waals surface area contributed by atoms with Gasteiger partial charge in [0.05, 0.1) is 15.4 Å². The van der Waals surface area contributed by atoms with E-state index in [9.17, 15) is 24.8 Å². The number of carboxylic acids is 1. The molecule has 8 nitrogen and oxygen atoms in total. The molecule has 1 N–H and O–H groups in total. The third-order valence-electron chi connectivity index (χ3n) is 4.53. The fourth-order valence-electron chi connectivity index (χ4n) is 3.05. The van der Waals surface area contributed by atoms with Crippen LogP contribution in [0.2, 0.25) is 0 Å². The highest BCUT2D eigenvalue weighted by Crippen LogP contribution is 2.37. The summed E-state index contributed by atoms with van der Waals surface area (Å²) in [6, 6.07) is 6.96. The summed E-state index contributed by atoms with van der Waals surface area (Å²) in [7, 11) is 0. The second-order valence-corrected chi connectivity index (χ2v) is 9.33. The maximum Gasteiger partial charge on any atom is 0.326 e. The number of benzene rings is 1. The molecular weight excluding hydrogens is 460 g/mol. The van der Waals surface area contributed by atoms with Gasteiger partial charge in [0.2, 0.25) is 0 Å². The van der Waals surface area contributed by atoms with Gasteiger partial charge in [0.1, 0.15) is 21.9 Å². The molecule has 0 unspecified atom stereocenters. The second kappa shape index (κ2) is 9.67. The molecule has 0 saturated carbocycles. The standard InChI is InChI=1S/C20H18N2O6S3/c1-11-3-5-13(15(9-11)22(26)27)16-6-4-12(28-16)10-17-18(23)21(20(29)31-17)14(19(24)25)7-8-30-2/h3-6,9-10,14H,7-8H2,1-2H3,(H,24,25)/b17-10+/t14-/m0/s1. The first-order valence-corrected chi connectivity index (χ1v) is 11.7. The molecule has 1 saturated heterocycles. The molecule has 31 heavy (non-hydrogen) atoms. The van der Waals surface area contributed by atoms with E-state index in [1.54, 1.807) is 31.2 Å². The van der Waals surface area contributed by atoms with E-state index in [0.717, 1.165) is 22.2 Å². The molecule has 2 aromatic rings. The summed E-state index contributed by atoms with van der Waals surface area (Å²) >= 11 is 7.74. The van der Waals surface area contributed by atoms with Crippen LogP contribution in [0.25, 0.3) is 17.4 Å². The number of nitrogens with zero attached hydrogens (tertiary/aromatic N) is 2. The van der Waals surface area contributed by atoms with E-state index in [1.807, 2.05) is 6.26 Å². The zero-order valence-corrected chi connectivity index (χ0v) is 19.0. The lowest BCUT2D eigenvalue weighted by molar-refractivity contribution is -0.384. The van der Waals surface area contributed by atoms with Gasteiger partial charge in [-0.3, -0.25) is 19.8 Å². The molecule has 0 bridgehead atoms. The summed E-state index contributed by atoms with van der Waals surface area (Å²) in [5.74, 6) is -0.441. The van der Waals surface area contributed by atoms with Crippen LogP contribution in [-0.2, 0) is 9.59 Å². The number of hydrogen-bond acceptors (Lipinski definition) is 8. The minimum Gasteiger partial charge on any atom is -0.480 e. The number of rotatable bonds is 8. The van der Waals surface area contributed by atoms with Crippen LogP contribution in [0.3, 0.4) is 0 Å². The Morgan fingerprint density at radius 2 is 2.16 bits per heavy atom. The minimum absolute atomic E-state index is 0.0784. The average Bonchev–Trinajstić information content (AvgIpc) is 3.27. The molecule has 1 aromatic heterocycles. The number of carbonyl (C=O) groups is 2. The number of furan rings is 1. The van der Waals surface area contributed by atoms with Crippen LogP contribution in [0.15, 0.2) is 39.7 Å². The molecule has 3 rings (SSSR count). The summed E-state index contributed by atoms with van der Waals surface area (Å²) in [6.07, 6.45) is 3.60. The first-order chi connectivity index (χ1) is 14.7. The van der Waals surface area contributed by atoms with E-state index < -0.39 is 22.8 Å². The van der Waals surface area contributed by atoms with Crippen LogP contribution in [0.1, 0.15) is 17.7 Å². The van der Waals surface area contributed by atoms with Crippen molar-refractivity contribution < 1.29 is 24.0 Å². The topological polar surface area (TPSA) is 114 Å². The lowest BCUT2D eigenvalue weighted by atomic mass is 10.1. The van der Waals surface area contributed by atoms with Gasteiger partial charge in [-0.1, -0.05) is 30.0 Å². The van der Waals surface area contributed by atoms with Crippen molar-refractivity contribution in [2.45, 2.75) is 19.4 Å². The van der Waals surface area contributed by atoms with Crippen molar-refractivity contribution in [1.29, 1.82) is 0 Å². The summed E-state index contributed by atoms with van der Waals surface area (Å²) in [6.45, 7) is 1.76. The molecule has 1 aliphatic rings. The van der Waals surface area contributed by atoms with E-state index in [4.69, 9.17) is 16.6 Å². The molecule has 1 atom stereocenters. The number of aryl methyl sites for hydroxylation is 1. The Bertz CT molecular complexity index is 1090. The number of carboxylic acid groups (broad SMARTS) is 1. The zero-order chi connectivity index (χ0) is 22.7. The Labute approximate surface area is 191 Å². The summed E-state index contributed by atoms with van der Waals surface area (Å²) in [5, 5.41) is 20.9. The number of aliphatic carboxylic acids is 1. The van der Waals surface area contributed by atoms with Gasteiger partial charge in [0.15, 0.2) is 0 Å². The van der Waals surface area contributed by atoms with Crippen molar-refractivity contribution in [2.75, 3.05) is 12.0 Å². The Hall–Kier alpha value is -2.63. The van der Waals surface area contributed by atoms with Crippen molar-refractivity contribution in [1.82, 2.24) is 4.90 Å². The molecule has 1 amide bonds. The van der Waals surface area contributed by atoms with Crippen molar-refractivity contribution in [3.8, 4) is 11.3 Å². The van der Waals surface area contributed by atoms with E-state index in [0.29, 0.717) is 17.1 Å². The highest BCUT2D eigenvalue weighted by molar-refractivity contribution is 8.26. The number of nitro benzene ring substituents is 1. The van der Waals surface area contributed by atoms with Gasteiger partial charge >= 0.3 is 5.97 Å². The summed E-state index contributed by atoms with van der Waals surface area (Å²) < 4.78 is 5.90. The first-order valence-electron chi connectivity index (χ1n) is 9.07. The van der Waals surface area contributed by atoms with Crippen molar-refractivity contribution >= 4 is 63.7 Å². The number of thioether (sulfide) groups is 2. The Morgan fingerprint density at radius 3 is 2.81 bits per heavy atom. The predicted molar refractivity (Wildman–Crippen MR) is 125 cm³/mol. The maximum atomic E-state index is 12.8. The van der Waals surface area contributed by atoms with Gasteiger partial charge < -0.3 is 9.52 Å². The van der Waals surface area contributed by atoms with E-state index in [2.05, 4.69) is 0 Å². The predicted octanol–water partition coefficient (Wildman–Crippen LogP) is 4.57. The summed E-state index contributed by atoms with van der Waals surface area (Å²) in [5.41, 5.74) is 0.997. The maximum absolute atomic E-state index is 12.8. The molecule has 1 fully saturated rings. The van der Waals surface area contributed by atoms with E-state index >= 15 is 0 Å². The molecule has 0 radical (unpaired) electrons. The molecule has 1 aliphatic heterocycles. The van der Waals surface area contributed by atoms with Crippen LogP contribution in [0.5, 0.6) is 0 Å². The molecule has 2 heterocycles. The normalized spacial score (nSPS) is 16.2. The third kappa shape index (κ3) is 5.00. The second-order valence-electron chi connectivity index (χ2n) is 6.67. The SMILES string of the molecule is CSCC[C@@H](C(=O)O)N1C(=O)/C(=C\c2ccc(-c3ccc(C)cc3[N+](=O)[O-])o2)SC1=S. The summed E-state index contributed by atoms with van der Waals surface area (Å²) in [4.78, 5) is 36.8. The van der Waals surface area contributed by atoms with Crippen LogP contribution in [0, 0.1) is 17.0 Å². The molecular formula is C20H18N2O6S3. The quantitative estimate of drug-likeness (QED) is 0.252. The number of carbonyl (C=O) groups excluding carboxylic acids is 1. The van der Waals surface area contributed by atoms with Crippen molar-refractivity contribution in [2.24, 2.45) is 0 Å². The fraction of sp³-hybridized carbons (Fsp3) is 0.250. The molecule has 162 valence electrons. The van der Waals surface area contributed by atoms with Gasteiger partial charge in [-0.25, -0.2) is 4.79 Å². The lowest BCUT2D eigenvalue weighted by Gasteiger charge is -2.22. The third-order valence-corrected chi connectivity index (χ3v) is 6.51. The average molecular weight is 479 g/mol. The first kappa shape index (κ1) is 23.0. The molecule has 1 aromatic carbocycles. The number of amides is 1. The monoisotopic (exact) mass is 478 g/mol. The Kier molecular flexibility index (Phi) is 7.19. The molecule has 0 spiro atoms. The smallest absolute Gasteiger partial charge is 0.326 e. The van der Waals surface area contributed by atoms with Crippen molar-refractivity contribution in [3.05, 3.63) is 56.7 Å². The van der Waals surface area contributed by atoms with Crippen LogP contribution >= 0.6 is 35.7 Å². The highest BCUT2D eigenvalue weighted by atomic mass is 32.2. The zero-order valence-electron chi connectivity index (χ0n) is 16.6. The van der Waals surface area contributed by atoms with Crippen LogP contribution in [0.4, 0.5) is 5.69 Å². The van der Waals surface area contributed by atoms with Crippen LogP contribution < -0.4 is 0 Å². The van der Waals surface area contributed by atoms with Gasteiger partial charge in [0, 0.05) is 12.1 Å². The largest absolute Gasteiger partial charge is 0.480 e. The Morgan fingerprint density at radius 1 is 1.42 bits per heavy atom. The van der Waals surface area contributed by atoms with Gasteiger partial charge in [-0.2, -0.15) is 11.8 Å². The van der Waals surface area contributed by atoms with Gasteiger partial charge in [-0.15, -0.1) is 0 Å². The fourth-order valence-corrected chi connectivity index (χ4v) is 4.84. The number of thiocarbonyl (C=S) groups is 1. The van der Waals surface area contributed by atoms with Gasteiger partial charge in [0.25, 0.3) is 11.6 Å². The molecule has 0 aliphatic carbocycles.